The molecule has 2 aromatic rings. The second-order valence-electron chi connectivity index (χ2n) is 4.39. The van der Waals surface area contributed by atoms with E-state index in [-0.39, 0.29) is 5.78 Å². The van der Waals surface area contributed by atoms with Crippen molar-refractivity contribution >= 4 is 16.7 Å². The number of nitrogens with two attached hydrogens (primary N) is 1. The van der Waals surface area contributed by atoms with E-state index in [0.717, 1.165) is 17.3 Å². The first-order valence-corrected chi connectivity index (χ1v) is 6.08. The maximum atomic E-state index is 12.1. The molecule has 18 heavy (non-hydrogen) atoms. The van der Waals surface area contributed by atoms with Gasteiger partial charge in [0.05, 0.1) is 6.04 Å². The molecule has 4 heteroatoms. The van der Waals surface area contributed by atoms with Crippen LogP contribution in [0.15, 0.2) is 30.5 Å². The molecule has 0 fully saturated rings. The smallest absolute Gasteiger partial charge is 0.179 e. The van der Waals surface area contributed by atoms with Crippen molar-refractivity contribution in [2.24, 2.45) is 5.73 Å². The van der Waals surface area contributed by atoms with Crippen LogP contribution in [0.5, 0.6) is 0 Å². The summed E-state index contributed by atoms with van der Waals surface area (Å²) in [4.78, 5) is 15.2. The van der Waals surface area contributed by atoms with Gasteiger partial charge in [-0.3, -0.25) is 4.79 Å². The average Bonchev–Trinajstić information content (AvgIpc) is 2.85. The number of methoxy groups -OCH3 is 1. The molecule has 0 amide bonds. The molecule has 0 spiro atoms. The van der Waals surface area contributed by atoms with Crippen molar-refractivity contribution in [2.45, 2.75) is 18.9 Å². The molecule has 0 aliphatic carbocycles. The standard InChI is InChI=1S/C14H18N2O2/c1-18-8-2-3-12(15)14(17)11-5-4-10-6-7-16-13(10)9-11/h4-7,9,12,16H,2-3,8,15H2,1H3. The first kappa shape index (κ1) is 12.8. The third-order valence-electron chi connectivity index (χ3n) is 3.04. The van der Waals surface area contributed by atoms with Crippen LogP contribution in [-0.2, 0) is 4.74 Å². The van der Waals surface area contributed by atoms with Crippen molar-refractivity contribution in [2.75, 3.05) is 13.7 Å². The van der Waals surface area contributed by atoms with Gasteiger partial charge in [0, 0.05) is 31.0 Å². The van der Waals surface area contributed by atoms with Crippen LogP contribution in [0, 0.1) is 0 Å². The van der Waals surface area contributed by atoms with Crippen LogP contribution < -0.4 is 5.73 Å². The summed E-state index contributed by atoms with van der Waals surface area (Å²) in [5.74, 6) is -0.0115. The van der Waals surface area contributed by atoms with Crippen LogP contribution >= 0.6 is 0 Å². The largest absolute Gasteiger partial charge is 0.385 e. The molecule has 0 saturated carbocycles. The van der Waals surface area contributed by atoms with Crippen LogP contribution in [0.25, 0.3) is 10.9 Å². The number of carbonyl (C=O) groups excluding carboxylic acids is 1. The second-order valence-corrected chi connectivity index (χ2v) is 4.39. The molecule has 0 radical (unpaired) electrons. The Morgan fingerprint density at radius 1 is 1.44 bits per heavy atom. The summed E-state index contributed by atoms with van der Waals surface area (Å²) in [5, 5.41) is 1.10. The van der Waals surface area contributed by atoms with E-state index < -0.39 is 6.04 Å². The molecule has 0 aliphatic rings. The number of carbonyl (C=O) groups is 1. The summed E-state index contributed by atoms with van der Waals surface area (Å²) < 4.78 is 4.95. The van der Waals surface area contributed by atoms with E-state index in [0.29, 0.717) is 18.6 Å². The number of ether oxygens (including phenoxy) is 1. The van der Waals surface area contributed by atoms with E-state index in [9.17, 15) is 4.79 Å². The maximum Gasteiger partial charge on any atom is 0.179 e. The fourth-order valence-corrected chi connectivity index (χ4v) is 1.99. The van der Waals surface area contributed by atoms with Gasteiger partial charge in [-0.25, -0.2) is 0 Å². The lowest BCUT2D eigenvalue weighted by molar-refractivity contribution is 0.0950. The lowest BCUT2D eigenvalue weighted by atomic mass is 10.0. The van der Waals surface area contributed by atoms with Gasteiger partial charge in [-0.05, 0) is 30.4 Å². The molecule has 1 aromatic heterocycles. The SMILES string of the molecule is COCCCC(N)C(=O)c1ccc2cc[nH]c2c1. The van der Waals surface area contributed by atoms with E-state index in [1.165, 1.54) is 0 Å². The normalized spacial score (nSPS) is 12.8. The van der Waals surface area contributed by atoms with E-state index in [4.69, 9.17) is 10.5 Å². The lowest BCUT2D eigenvalue weighted by Crippen LogP contribution is -2.30. The van der Waals surface area contributed by atoms with Gasteiger partial charge in [0.25, 0.3) is 0 Å². The highest BCUT2D eigenvalue weighted by Gasteiger charge is 2.15. The summed E-state index contributed by atoms with van der Waals surface area (Å²) in [6.07, 6.45) is 3.31. The van der Waals surface area contributed by atoms with Gasteiger partial charge in [-0.2, -0.15) is 0 Å². The summed E-state index contributed by atoms with van der Waals surface area (Å²) in [7, 11) is 1.65. The van der Waals surface area contributed by atoms with Crippen LogP contribution in [0.2, 0.25) is 0 Å². The summed E-state index contributed by atoms with van der Waals surface area (Å²) >= 11 is 0. The van der Waals surface area contributed by atoms with Crippen molar-refractivity contribution in [3.05, 3.63) is 36.0 Å². The zero-order valence-electron chi connectivity index (χ0n) is 10.5. The minimum absolute atomic E-state index is 0.0115. The summed E-state index contributed by atoms with van der Waals surface area (Å²) in [5.41, 5.74) is 7.52. The third kappa shape index (κ3) is 2.78. The molecule has 96 valence electrons. The van der Waals surface area contributed by atoms with E-state index >= 15 is 0 Å². The Morgan fingerprint density at radius 3 is 3.06 bits per heavy atom. The van der Waals surface area contributed by atoms with Crippen LogP contribution in [0.4, 0.5) is 0 Å². The fraction of sp³-hybridized carbons (Fsp3) is 0.357. The van der Waals surface area contributed by atoms with Gasteiger partial charge >= 0.3 is 0 Å². The zero-order chi connectivity index (χ0) is 13.0. The Balaban J connectivity index is 2.07. The maximum absolute atomic E-state index is 12.1. The third-order valence-corrected chi connectivity index (χ3v) is 3.04. The van der Waals surface area contributed by atoms with Crippen molar-refractivity contribution in [3.63, 3.8) is 0 Å². The molecule has 2 rings (SSSR count). The number of nitrogens with one attached hydrogen (secondary N) is 1. The Hall–Kier alpha value is -1.65. The number of aromatic nitrogens is 1. The van der Waals surface area contributed by atoms with Crippen molar-refractivity contribution in [1.82, 2.24) is 4.98 Å². The van der Waals surface area contributed by atoms with Crippen LogP contribution in [-0.4, -0.2) is 30.5 Å². The Morgan fingerprint density at radius 2 is 2.28 bits per heavy atom. The van der Waals surface area contributed by atoms with Gasteiger partial charge in [-0.1, -0.05) is 12.1 Å². The predicted molar refractivity (Wildman–Crippen MR) is 71.7 cm³/mol. The van der Waals surface area contributed by atoms with Gasteiger partial charge in [-0.15, -0.1) is 0 Å². The second kappa shape index (κ2) is 5.80. The van der Waals surface area contributed by atoms with E-state index in [1.54, 1.807) is 7.11 Å². The minimum Gasteiger partial charge on any atom is -0.385 e. The summed E-state index contributed by atoms with van der Waals surface area (Å²) in [6, 6.07) is 7.14. The number of rotatable bonds is 6. The first-order valence-electron chi connectivity index (χ1n) is 6.08. The average molecular weight is 246 g/mol. The molecular formula is C14H18N2O2. The molecule has 0 saturated heterocycles. The molecule has 0 aliphatic heterocycles. The lowest BCUT2D eigenvalue weighted by Gasteiger charge is -2.10. The molecule has 0 bridgehead atoms. The van der Waals surface area contributed by atoms with Gasteiger partial charge in [0.2, 0.25) is 0 Å². The molecule has 1 heterocycles. The number of fused-ring (bicyclic) bond motifs is 1. The number of hydrogen-bond acceptors (Lipinski definition) is 3. The quantitative estimate of drug-likeness (QED) is 0.606. The number of benzene rings is 1. The van der Waals surface area contributed by atoms with Gasteiger partial charge in [0.1, 0.15) is 0 Å². The Labute approximate surface area is 106 Å². The molecule has 1 atom stereocenters. The Kier molecular flexibility index (Phi) is 4.12. The van der Waals surface area contributed by atoms with Crippen molar-refractivity contribution < 1.29 is 9.53 Å². The van der Waals surface area contributed by atoms with Crippen LogP contribution in [0.1, 0.15) is 23.2 Å². The number of hydrogen-bond donors (Lipinski definition) is 2. The molecular weight excluding hydrogens is 228 g/mol. The molecule has 1 unspecified atom stereocenters. The van der Waals surface area contributed by atoms with Crippen molar-refractivity contribution in [1.29, 1.82) is 0 Å². The highest BCUT2D eigenvalue weighted by molar-refractivity contribution is 6.02. The van der Waals surface area contributed by atoms with Gasteiger partial charge in [0.15, 0.2) is 5.78 Å². The number of H-pyrrole nitrogens is 1. The predicted octanol–water partition coefficient (Wildman–Crippen LogP) is 2.10. The first-order chi connectivity index (χ1) is 8.72. The van der Waals surface area contributed by atoms with E-state index in [2.05, 4.69) is 4.98 Å². The fourth-order valence-electron chi connectivity index (χ4n) is 1.99. The van der Waals surface area contributed by atoms with Crippen molar-refractivity contribution in [3.8, 4) is 0 Å². The molecule has 4 nitrogen and oxygen atoms in total. The highest BCUT2D eigenvalue weighted by Crippen LogP contribution is 2.16. The number of ketones is 1. The number of aromatic amines is 1. The molecule has 1 aromatic carbocycles. The van der Waals surface area contributed by atoms with Crippen LogP contribution in [0.3, 0.4) is 0 Å². The Bertz CT molecular complexity index is 533. The zero-order valence-corrected chi connectivity index (χ0v) is 10.5. The highest BCUT2D eigenvalue weighted by atomic mass is 16.5. The van der Waals surface area contributed by atoms with E-state index in [1.807, 2.05) is 30.5 Å². The summed E-state index contributed by atoms with van der Waals surface area (Å²) in [6.45, 7) is 0.636. The number of Topliss-reactive ketones (excluding diaryl/α,β-unsaturated/α-hetero) is 1. The molecule has 3 N–H and O–H groups in total. The topological polar surface area (TPSA) is 68.1 Å². The van der Waals surface area contributed by atoms with Gasteiger partial charge < -0.3 is 15.5 Å². The minimum atomic E-state index is -0.451. The monoisotopic (exact) mass is 246 g/mol.